The Bertz CT molecular complexity index is 759. The van der Waals surface area contributed by atoms with E-state index in [1.165, 1.54) is 5.56 Å². The van der Waals surface area contributed by atoms with Gasteiger partial charge in [0.25, 0.3) is 5.91 Å². The number of ketones is 1. The molecule has 30 heavy (non-hydrogen) atoms. The maximum absolute atomic E-state index is 13.3. The summed E-state index contributed by atoms with van der Waals surface area (Å²) in [7, 11) is 0. The Labute approximate surface area is 180 Å². The number of Topliss-reactive ketones (excluding diaryl/α,β-unsaturated/α-hetero) is 1. The number of hydrogen-bond donors (Lipinski definition) is 0. The monoisotopic (exact) mass is 412 g/mol. The third-order valence-electron chi connectivity index (χ3n) is 6.99. The first kappa shape index (κ1) is 22.5. The first-order valence-electron chi connectivity index (χ1n) is 11.5. The predicted molar refractivity (Wildman–Crippen MR) is 118 cm³/mol. The number of piperidine rings is 1. The first-order valence-corrected chi connectivity index (χ1v) is 11.5. The molecule has 2 aliphatic rings. The second-order valence-electron chi connectivity index (χ2n) is 9.44. The molecule has 5 nitrogen and oxygen atoms in total. The third-order valence-corrected chi connectivity index (χ3v) is 6.99. The molecule has 2 atom stereocenters. The quantitative estimate of drug-likeness (QED) is 0.479. The highest BCUT2D eigenvalue weighted by Gasteiger charge is 2.46. The van der Waals surface area contributed by atoms with Crippen LogP contribution in [0.5, 0.6) is 0 Å². The fraction of sp³-hybridized carbons (Fsp3) is 0.640. The fourth-order valence-corrected chi connectivity index (χ4v) is 4.60. The van der Waals surface area contributed by atoms with Gasteiger partial charge in [-0.2, -0.15) is 0 Å². The molecule has 164 valence electrons. The number of aryl methyl sites for hydroxylation is 1. The minimum absolute atomic E-state index is 0.00567. The molecule has 5 heteroatoms. The van der Waals surface area contributed by atoms with Crippen LogP contribution in [0.25, 0.3) is 0 Å². The highest BCUT2D eigenvalue weighted by Crippen LogP contribution is 2.32. The van der Waals surface area contributed by atoms with Gasteiger partial charge in [-0.1, -0.05) is 51.1 Å². The molecular formula is C25H36N2O3. The maximum Gasteiger partial charge on any atom is 0.291 e. The van der Waals surface area contributed by atoms with Crippen LogP contribution in [0.2, 0.25) is 0 Å². The number of hydrogen-bond acceptors (Lipinski definition) is 3. The van der Waals surface area contributed by atoms with Crippen LogP contribution in [0.3, 0.4) is 0 Å². The first-order chi connectivity index (χ1) is 14.3. The summed E-state index contributed by atoms with van der Waals surface area (Å²) in [6.45, 7) is 6.98. The van der Waals surface area contributed by atoms with Gasteiger partial charge in [-0.05, 0) is 56.9 Å². The Morgan fingerprint density at radius 3 is 2.50 bits per heavy atom. The Hall–Kier alpha value is -2.17. The Balaban J connectivity index is 1.64. The van der Waals surface area contributed by atoms with Gasteiger partial charge in [-0.3, -0.25) is 14.4 Å². The zero-order valence-electron chi connectivity index (χ0n) is 18.7. The van der Waals surface area contributed by atoms with Gasteiger partial charge in [-0.15, -0.1) is 0 Å². The van der Waals surface area contributed by atoms with E-state index in [9.17, 15) is 14.4 Å². The maximum atomic E-state index is 13.3. The molecule has 2 saturated heterocycles. The summed E-state index contributed by atoms with van der Waals surface area (Å²) in [5, 5.41) is 0. The molecule has 1 aromatic carbocycles. The zero-order chi connectivity index (χ0) is 21.7. The Morgan fingerprint density at radius 1 is 1.07 bits per heavy atom. The van der Waals surface area contributed by atoms with E-state index in [1.807, 2.05) is 31.7 Å². The molecule has 0 aliphatic carbocycles. The largest absolute Gasteiger partial charge is 0.341 e. The van der Waals surface area contributed by atoms with E-state index in [2.05, 4.69) is 24.3 Å². The van der Waals surface area contributed by atoms with Crippen LogP contribution >= 0.6 is 0 Å². The van der Waals surface area contributed by atoms with Crippen LogP contribution < -0.4 is 0 Å². The van der Waals surface area contributed by atoms with E-state index in [4.69, 9.17) is 0 Å². The summed E-state index contributed by atoms with van der Waals surface area (Å²) in [6.07, 6.45) is 6.88. The second-order valence-corrected chi connectivity index (χ2v) is 9.44. The van der Waals surface area contributed by atoms with Crippen molar-refractivity contribution in [2.24, 2.45) is 5.41 Å². The number of rotatable bonds is 8. The SMILES string of the molecule is CCC(C)(C)C(=O)C(=O)N1C2CCCC1C(=O)N(CCCCc1ccccc1)CC2. The van der Waals surface area contributed by atoms with E-state index in [0.717, 1.165) is 45.1 Å². The number of unbranched alkanes of at least 4 members (excludes halogenated alkanes) is 1. The standard InChI is InChI=1S/C25H36N2O3/c1-4-25(2,3)22(28)24(30)27-20-14-10-15-21(27)23(29)26(18-16-20)17-9-8-13-19-11-6-5-7-12-19/h5-7,11-12,20-21H,4,8-10,13-18H2,1-3H3. The van der Waals surface area contributed by atoms with Gasteiger partial charge in [-0.25, -0.2) is 0 Å². The predicted octanol–water partition coefficient (Wildman–Crippen LogP) is 4.00. The van der Waals surface area contributed by atoms with Crippen LogP contribution in [0.1, 0.15) is 71.3 Å². The fourth-order valence-electron chi connectivity index (χ4n) is 4.60. The second kappa shape index (κ2) is 9.76. The smallest absolute Gasteiger partial charge is 0.291 e. The lowest BCUT2D eigenvalue weighted by Crippen LogP contribution is -2.57. The topological polar surface area (TPSA) is 57.7 Å². The van der Waals surface area contributed by atoms with Crippen molar-refractivity contribution in [3.63, 3.8) is 0 Å². The highest BCUT2D eigenvalue weighted by atomic mass is 16.2. The van der Waals surface area contributed by atoms with Crippen molar-refractivity contribution in [1.82, 2.24) is 9.80 Å². The molecule has 3 rings (SSSR count). The molecule has 2 aliphatic heterocycles. The summed E-state index contributed by atoms with van der Waals surface area (Å²) < 4.78 is 0. The van der Waals surface area contributed by atoms with Gasteiger partial charge in [0.1, 0.15) is 6.04 Å². The molecule has 0 aromatic heterocycles. The average Bonchev–Trinajstić information content (AvgIpc) is 2.84. The van der Waals surface area contributed by atoms with Crippen molar-refractivity contribution in [3.05, 3.63) is 35.9 Å². The number of benzene rings is 1. The molecule has 1 aromatic rings. The van der Waals surface area contributed by atoms with E-state index in [1.54, 1.807) is 4.90 Å². The molecule has 0 spiro atoms. The minimum Gasteiger partial charge on any atom is -0.341 e. The molecule has 2 fully saturated rings. The van der Waals surface area contributed by atoms with Gasteiger partial charge in [0.2, 0.25) is 11.7 Å². The lowest BCUT2D eigenvalue weighted by molar-refractivity contribution is -0.156. The number of nitrogens with zero attached hydrogens (tertiary/aromatic N) is 2. The number of fused-ring (bicyclic) bond motifs is 2. The Kier molecular flexibility index (Phi) is 7.32. The van der Waals surface area contributed by atoms with Gasteiger partial charge >= 0.3 is 0 Å². The Morgan fingerprint density at radius 2 is 1.80 bits per heavy atom. The van der Waals surface area contributed by atoms with Crippen LogP contribution in [0.15, 0.2) is 30.3 Å². The van der Waals surface area contributed by atoms with Crippen LogP contribution in [0, 0.1) is 5.41 Å². The highest BCUT2D eigenvalue weighted by molar-refractivity contribution is 6.38. The molecule has 2 unspecified atom stereocenters. The van der Waals surface area contributed by atoms with Gasteiger partial charge in [0.15, 0.2) is 0 Å². The molecule has 0 saturated carbocycles. The number of amides is 2. The van der Waals surface area contributed by atoms with Crippen molar-refractivity contribution in [1.29, 1.82) is 0 Å². The normalized spacial score (nSPS) is 22.0. The van der Waals surface area contributed by atoms with Crippen LogP contribution in [-0.4, -0.2) is 52.6 Å². The summed E-state index contributed by atoms with van der Waals surface area (Å²) in [4.78, 5) is 42.9. The van der Waals surface area contributed by atoms with Gasteiger partial charge in [0.05, 0.1) is 0 Å². The minimum atomic E-state index is -0.683. The van der Waals surface area contributed by atoms with E-state index in [0.29, 0.717) is 19.4 Å². The third kappa shape index (κ3) is 4.93. The lowest BCUT2D eigenvalue weighted by atomic mass is 9.83. The average molecular weight is 413 g/mol. The zero-order valence-corrected chi connectivity index (χ0v) is 18.7. The molecule has 2 bridgehead atoms. The van der Waals surface area contributed by atoms with Gasteiger partial charge in [0, 0.05) is 24.5 Å². The summed E-state index contributed by atoms with van der Waals surface area (Å²) in [5.41, 5.74) is 0.641. The van der Waals surface area contributed by atoms with E-state index in [-0.39, 0.29) is 17.7 Å². The lowest BCUT2D eigenvalue weighted by Gasteiger charge is -2.40. The van der Waals surface area contributed by atoms with Crippen molar-refractivity contribution in [3.8, 4) is 0 Å². The van der Waals surface area contributed by atoms with Crippen molar-refractivity contribution in [2.75, 3.05) is 13.1 Å². The van der Waals surface area contributed by atoms with Crippen molar-refractivity contribution >= 4 is 17.6 Å². The summed E-state index contributed by atoms with van der Waals surface area (Å²) >= 11 is 0. The molecule has 2 heterocycles. The molecular weight excluding hydrogens is 376 g/mol. The van der Waals surface area contributed by atoms with Crippen molar-refractivity contribution in [2.45, 2.75) is 84.2 Å². The van der Waals surface area contributed by atoms with Crippen molar-refractivity contribution < 1.29 is 14.4 Å². The molecule has 0 N–H and O–H groups in total. The molecule has 2 amide bonds. The summed E-state index contributed by atoms with van der Waals surface area (Å²) in [5.74, 6) is -0.769. The van der Waals surface area contributed by atoms with Gasteiger partial charge < -0.3 is 9.80 Å². The summed E-state index contributed by atoms with van der Waals surface area (Å²) in [6, 6.07) is 9.95. The van der Waals surface area contributed by atoms with Crippen LogP contribution in [0.4, 0.5) is 0 Å². The number of carbonyl (C=O) groups excluding carboxylic acids is 3. The van der Waals surface area contributed by atoms with E-state index < -0.39 is 17.4 Å². The van der Waals surface area contributed by atoms with E-state index >= 15 is 0 Å². The van der Waals surface area contributed by atoms with Crippen LogP contribution in [-0.2, 0) is 20.8 Å². The molecule has 0 radical (unpaired) electrons. The number of carbonyl (C=O) groups is 3.